The molecule has 0 bridgehead atoms. The van der Waals surface area contributed by atoms with Crippen molar-refractivity contribution in [3.8, 4) is 0 Å². The van der Waals surface area contributed by atoms with Crippen LogP contribution in [-0.4, -0.2) is 0 Å². The van der Waals surface area contributed by atoms with Crippen LogP contribution in [0.15, 0.2) is 39.7 Å². The first kappa shape index (κ1) is 20.5. The molecule has 0 spiro atoms. The molecule has 0 aliphatic rings. The number of allylic oxidation sites excluding steroid dienone is 3. The van der Waals surface area contributed by atoms with E-state index in [1.165, 1.54) is 48.8 Å². The summed E-state index contributed by atoms with van der Waals surface area (Å²) >= 11 is 7.53. The van der Waals surface area contributed by atoms with E-state index in [0.717, 1.165) is 19.4 Å². The Bertz CT molecular complexity index is 723. The first-order valence-electron chi connectivity index (χ1n) is 8.99. The molecule has 1 nitrogen and oxygen atoms in total. The van der Waals surface area contributed by atoms with Crippen molar-refractivity contribution in [3.63, 3.8) is 0 Å². The lowest BCUT2D eigenvalue weighted by Gasteiger charge is -2.11. The number of hydrogen-bond donors (Lipinski definition) is 1. The first-order valence-corrected chi connectivity index (χ1v) is 11.5. The van der Waals surface area contributed by atoms with Gasteiger partial charge in [0, 0.05) is 20.8 Å². The van der Waals surface area contributed by atoms with Crippen molar-refractivity contribution in [1.82, 2.24) is 5.32 Å². The van der Waals surface area contributed by atoms with Gasteiger partial charge in [0.05, 0.1) is 10.6 Å². The van der Waals surface area contributed by atoms with Gasteiger partial charge in [-0.25, -0.2) is 0 Å². The molecule has 2 aromatic rings. The molecule has 0 fully saturated rings. The van der Waals surface area contributed by atoms with Crippen molar-refractivity contribution >= 4 is 44.3 Å². The highest BCUT2D eigenvalue weighted by molar-refractivity contribution is 9.10. The van der Waals surface area contributed by atoms with Gasteiger partial charge >= 0.3 is 0 Å². The van der Waals surface area contributed by atoms with Crippen LogP contribution in [0.2, 0.25) is 0 Å². The van der Waals surface area contributed by atoms with Gasteiger partial charge in [0.15, 0.2) is 0 Å². The average Bonchev–Trinajstić information content (AvgIpc) is 3.21. The van der Waals surface area contributed by atoms with Crippen LogP contribution in [0.1, 0.15) is 60.2 Å². The zero-order chi connectivity index (χ0) is 18.2. The second kappa shape index (κ2) is 10.3. The van der Waals surface area contributed by atoms with Gasteiger partial charge in [-0.05, 0) is 65.7 Å². The number of hydrogen-bond acceptors (Lipinski definition) is 3. The number of halogens is 1. The Hall–Kier alpha value is -0.840. The molecule has 0 aliphatic carbocycles. The number of aryl methyl sites for hydroxylation is 1. The fourth-order valence-electron chi connectivity index (χ4n) is 2.65. The van der Waals surface area contributed by atoms with Gasteiger partial charge in [0.2, 0.25) is 0 Å². The fraction of sp³-hybridized carbons (Fsp3) is 0.429. The van der Waals surface area contributed by atoms with Gasteiger partial charge < -0.3 is 5.32 Å². The second-order valence-electron chi connectivity index (χ2n) is 6.27. The Balaban J connectivity index is 2.33. The third-order valence-corrected chi connectivity index (χ3v) is 7.62. The molecule has 25 heavy (non-hydrogen) atoms. The van der Waals surface area contributed by atoms with Crippen LogP contribution >= 0.6 is 38.6 Å². The summed E-state index contributed by atoms with van der Waals surface area (Å²) in [4.78, 5) is 4.17. The van der Waals surface area contributed by atoms with Crippen LogP contribution < -0.4 is 5.32 Å². The maximum Gasteiger partial charge on any atom is 0.0545 e. The highest BCUT2D eigenvalue weighted by atomic mass is 79.9. The smallest absolute Gasteiger partial charge is 0.0545 e. The van der Waals surface area contributed by atoms with E-state index < -0.39 is 0 Å². The van der Waals surface area contributed by atoms with Gasteiger partial charge in [0.25, 0.3) is 0 Å². The SMILES string of the molecule is CCC/C=C(C)/C=C(/NCc1cccs1)c1sc(CCC)c(Br)c1C. The van der Waals surface area contributed by atoms with E-state index in [9.17, 15) is 0 Å². The third-order valence-electron chi connectivity index (χ3n) is 4.02. The molecule has 0 saturated heterocycles. The zero-order valence-corrected chi connectivity index (χ0v) is 18.8. The highest BCUT2D eigenvalue weighted by Crippen LogP contribution is 2.37. The zero-order valence-electron chi connectivity index (χ0n) is 15.6. The van der Waals surface area contributed by atoms with Gasteiger partial charge in [-0.1, -0.05) is 44.4 Å². The van der Waals surface area contributed by atoms with Crippen LogP contribution in [0.4, 0.5) is 0 Å². The Kier molecular flexibility index (Phi) is 8.47. The maximum absolute atomic E-state index is 3.81. The molecule has 0 aromatic carbocycles. The Morgan fingerprint density at radius 3 is 2.72 bits per heavy atom. The minimum Gasteiger partial charge on any atom is -0.379 e. The van der Waals surface area contributed by atoms with E-state index in [2.05, 4.69) is 78.6 Å². The largest absolute Gasteiger partial charge is 0.379 e. The second-order valence-corrected chi connectivity index (χ2v) is 9.20. The summed E-state index contributed by atoms with van der Waals surface area (Å²) in [6.45, 7) is 9.77. The fourth-order valence-corrected chi connectivity index (χ4v) is 5.36. The number of nitrogens with one attached hydrogen (secondary N) is 1. The molecule has 0 atom stereocenters. The highest BCUT2D eigenvalue weighted by Gasteiger charge is 2.16. The predicted molar refractivity (Wildman–Crippen MR) is 119 cm³/mol. The number of thiophene rings is 2. The molecule has 4 heteroatoms. The number of rotatable bonds is 9. The van der Waals surface area contributed by atoms with E-state index in [1.807, 2.05) is 11.3 Å². The van der Waals surface area contributed by atoms with E-state index in [4.69, 9.17) is 0 Å². The maximum atomic E-state index is 3.81. The molecule has 2 heterocycles. The van der Waals surface area contributed by atoms with Gasteiger partial charge in [-0.3, -0.25) is 0 Å². The first-order chi connectivity index (χ1) is 12.1. The van der Waals surface area contributed by atoms with Crippen LogP contribution in [0.3, 0.4) is 0 Å². The normalized spacial score (nSPS) is 12.7. The minimum absolute atomic E-state index is 0.878. The molecular weight excluding hydrogens is 410 g/mol. The van der Waals surface area contributed by atoms with E-state index in [-0.39, 0.29) is 0 Å². The topological polar surface area (TPSA) is 12.0 Å². The Morgan fingerprint density at radius 1 is 1.28 bits per heavy atom. The van der Waals surface area contributed by atoms with Gasteiger partial charge in [-0.2, -0.15) is 0 Å². The summed E-state index contributed by atoms with van der Waals surface area (Å²) in [5, 5.41) is 5.83. The average molecular weight is 439 g/mol. The monoisotopic (exact) mass is 437 g/mol. The molecule has 0 amide bonds. The third kappa shape index (κ3) is 5.83. The van der Waals surface area contributed by atoms with Crippen molar-refractivity contribution in [3.05, 3.63) is 59.9 Å². The quantitative estimate of drug-likeness (QED) is 0.395. The van der Waals surface area contributed by atoms with Gasteiger partial charge in [0.1, 0.15) is 0 Å². The molecule has 2 rings (SSSR count). The van der Waals surface area contributed by atoms with Crippen molar-refractivity contribution < 1.29 is 0 Å². The lowest BCUT2D eigenvalue weighted by molar-refractivity contribution is 0.907. The lowest BCUT2D eigenvalue weighted by atomic mass is 10.1. The van der Waals surface area contributed by atoms with Crippen molar-refractivity contribution in [2.24, 2.45) is 0 Å². The van der Waals surface area contributed by atoms with Crippen molar-refractivity contribution in [1.29, 1.82) is 0 Å². The predicted octanol–water partition coefficient (Wildman–Crippen LogP) is 7.71. The van der Waals surface area contributed by atoms with Crippen molar-refractivity contribution in [2.45, 2.75) is 59.9 Å². The summed E-state index contributed by atoms with van der Waals surface area (Å²) < 4.78 is 1.29. The molecule has 1 N–H and O–H groups in total. The lowest BCUT2D eigenvalue weighted by Crippen LogP contribution is -2.11. The molecular formula is C21H28BrNS2. The van der Waals surface area contributed by atoms with E-state index in [1.54, 1.807) is 11.3 Å². The van der Waals surface area contributed by atoms with Gasteiger partial charge in [-0.15, -0.1) is 22.7 Å². The van der Waals surface area contributed by atoms with E-state index >= 15 is 0 Å². The van der Waals surface area contributed by atoms with Crippen LogP contribution in [0.5, 0.6) is 0 Å². The molecule has 0 unspecified atom stereocenters. The summed E-state index contributed by atoms with van der Waals surface area (Å²) in [5.41, 5.74) is 3.92. The summed E-state index contributed by atoms with van der Waals surface area (Å²) in [5.74, 6) is 0. The summed E-state index contributed by atoms with van der Waals surface area (Å²) in [6.07, 6.45) is 9.27. The van der Waals surface area contributed by atoms with E-state index in [0.29, 0.717) is 0 Å². The molecule has 2 aromatic heterocycles. The number of unbranched alkanes of at least 4 members (excludes halogenated alkanes) is 1. The summed E-state index contributed by atoms with van der Waals surface area (Å²) in [7, 11) is 0. The summed E-state index contributed by atoms with van der Waals surface area (Å²) in [6, 6.07) is 4.30. The Morgan fingerprint density at radius 2 is 2.08 bits per heavy atom. The van der Waals surface area contributed by atoms with Crippen LogP contribution in [0.25, 0.3) is 5.70 Å². The van der Waals surface area contributed by atoms with Crippen LogP contribution in [-0.2, 0) is 13.0 Å². The molecule has 136 valence electrons. The standard InChI is InChI=1S/C21H28BrNS2/c1-5-7-10-15(3)13-18(23-14-17-11-8-12-24-17)21-16(4)20(22)19(25-21)9-6-2/h8,10-13,23H,5-7,9,14H2,1-4H3/b15-10+,18-13+. The Labute approximate surface area is 169 Å². The molecule has 0 aliphatic heterocycles. The molecule has 0 radical (unpaired) electrons. The minimum atomic E-state index is 0.878. The molecule has 0 saturated carbocycles. The van der Waals surface area contributed by atoms with Crippen molar-refractivity contribution in [2.75, 3.05) is 0 Å². The van der Waals surface area contributed by atoms with Crippen LogP contribution in [0, 0.1) is 6.92 Å².